The van der Waals surface area contributed by atoms with E-state index in [2.05, 4.69) is 51.4 Å². The second-order valence-electron chi connectivity index (χ2n) is 7.39. The van der Waals surface area contributed by atoms with Crippen LogP contribution in [-0.2, 0) is 0 Å². The monoisotopic (exact) mass is 365 g/mol. The summed E-state index contributed by atoms with van der Waals surface area (Å²) in [6.45, 7) is 6.04. The molecule has 1 N–H and O–H groups in total. The van der Waals surface area contributed by atoms with Gasteiger partial charge in [0, 0.05) is 50.6 Å². The van der Waals surface area contributed by atoms with Crippen LogP contribution < -0.4 is 10.2 Å². The molecule has 6 heteroatoms. The van der Waals surface area contributed by atoms with Crippen molar-refractivity contribution < 1.29 is 4.79 Å². The largest absolute Gasteiger partial charge is 0.369 e. The minimum atomic E-state index is 0.0376. The molecule has 1 aromatic carbocycles. The third-order valence-electron chi connectivity index (χ3n) is 5.40. The van der Waals surface area contributed by atoms with E-state index in [0.717, 1.165) is 63.5 Å². The van der Waals surface area contributed by atoms with Gasteiger partial charge >= 0.3 is 0 Å². The van der Waals surface area contributed by atoms with Crippen molar-refractivity contribution in [2.24, 2.45) is 0 Å². The number of carbonyl (C=O) groups excluding carboxylic acids is 1. The van der Waals surface area contributed by atoms with Gasteiger partial charge in [-0.1, -0.05) is 0 Å². The van der Waals surface area contributed by atoms with E-state index in [0.29, 0.717) is 5.69 Å². The molecule has 27 heavy (non-hydrogen) atoms. The zero-order valence-electron chi connectivity index (χ0n) is 15.9. The normalized spacial score (nSPS) is 18.0. The van der Waals surface area contributed by atoms with Gasteiger partial charge in [0.2, 0.25) is 0 Å². The van der Waals surface area contributed by atoms with Gasteiger partial charge in [-0.05, 0) is 56.3 Å². The van der Waals surface area contributed by atoms with Crippen molar-refractivity contribution in [2.75, 3.05) is 56.5 Å². The molecule has 0 unspecified atom stereocenters. The van der Waals surface area contributed by atoms with Crippen LogP contribution in [0.3, 0.4) is 0 Å². The Balaban J connectivity index is 1.36. The van der Waals surface area contributed by atoms with Crippen molar-refractivity contribution in [3.63, 3.8) is 0 Å². The zero-order valence-corrected chi connectivity index (χ0v) is 15.9. The topological polar surface area (TPSA) is 51.7 Å². The smallest absolute Gasteiger partial charge is 0.272 e. The summed E-state index contributed by atoms with van der Waals surface area (Å²) < 4.78 is 0. The highest BCUT2D eigenvalue weighted by molar-refractivity contribution is 5.92. The molecule has 2 saturated heterocycles. The number of hydrogen-bond donors (Lipinski definition) is 1. The lowest BCUT2D eigenvalue weighted by Crippen LogP contribution is -2.44. The minimum Gasteiger partial charge on any atom is -0.369 e. The Morgan fingerprint density at radius 1 is 0.889 bits per heavy atom. The molecule has 6 nitrogen and oxygen atoms in total. The number of nitrogens with zero attached hydrogens (tertiary/aromatic N) is 4. The second-order valence-corrected chi connectivity index (χ2v) is 7.39. The first-order chi connectivity index (χ1) is 13.2. The number of pyridine rings is 1. The lowest BCUT2D eigenvalue weighted by Gasteiger charge is -2.34. The highest BCUT2D eigenvalue weighted by atomic mass is 16.2. The highest BCUT2D eigenvalue weighted by Crippen LogP contribution is 2.22. The van der Waals surface area contributed by atoms with E-state index in [1.807, 2.05) is 17.0 Å². The summed E-state index contributed by atoms with van der Waals surface area (Å²) in [5, 5.41) is 3.36. The molecule has 2 aliphatic rings. The van der Waals surface area contributed by atoms with E-state index >= 15 is 0 Å². The third-order valence-corrected chi connectivity index (χ3v) is 5.40. The van der Waals surface area contributed by atoms with Crippen LogP contribution in [0.5, 0.6) is 0 Å². The molecule has 4 rings (SSSR count). The number of likely N-dealkylation sites (N-methyl/N-ethyl adjacent to an activating group) is 1. The van der Waals surface area contributed by atoms with Crippen LogP contribution in [0, 0.1) is 0 Å². The quantitative estimate of drug-likeness (QED) is 0.903. The molecule has 3 heterocycles. The van der Waals surface area contributed by atoms with Gasteiger partial charge in [0.05, 0.1) is 11.9 Å². The van der Waals surface area contributed by atoms with Crippen molar-refractivity contribution in [3.8, 4) is 0 Å². The lowest BCUT2D eigenvalue weighted by molar-refractivity contribution is 0.0787. The van der Waals surface area contributed by atoms with E-state index in [4.69, 9.17) is 0 Å². The molecule has 0 saturated carbocycles. The first-order valence-electron chi connectivity index (χ1n) is 9.75. The molecule has 1 amide bonds. The van der Waals surface area contributed by atoms with Crippen molar-refractivity contribution in [3.05, 3.63) is 48.3 Å². The number of nitrogens with one attached hydrogen (secondary N) is 1. The number of carbonyl (C=O) groups is 1. The van der Waals surface area contributed by atoms with Gasteiger partial charge in [0.1, 0.15) is 5.69 Å². The summed E-state index contributed by atoms with van der Waals surface area (Å²) in [5.41, 5.74) is 3.69. The number of likely N-dealkylation sites (tertiary alicyclic amines) is 1. The summed E-state index contributed by atoms with van der Waals surface area (Å²) in [6.07, 6.45) is 3.92. The van der Waals surface area contributed by atoms with Crippen molar-refractivity contribution >= 4 is 23.0 Å². The van der Waals surface area contributed by atoms with Crippen molar-refractivity contribution in [1.82, 2.24) is 14.8 Å². The molecule has 0 radical (unpaired) electrons. The average molecular weight is 365 g/mol. The van der Waals surface area contributed by atoms with Crippen molar-refractivity contribution in [2.45, 2.75) is 12.8 Å². The number of benzene rings is 1. The number of anilines is 3. The fourth-order valence-corrected chi connectivity index (χ4v) is 3.66. The average Bonchev–Trinajstić information content (AvgIpc) is 3.24. The van der Waals surface area contributed by atoms with Gasteiger partial charge in [-0.2, -0.15) is 0 Å². The standard InChI is InChI=1S/C21H27N5O/c1-24-12-14-25(15-13-24)19-7-4-17(5-8-19)23-18-6-9-20(22-16-18)21(27)26-10-2-3-11-26/h4-9,16,23H,2-3,10-15H2,1H3. The maximum absolute atomic E-state index is 12.4. The first-order valence-corrected chi connectivity index (χ1v) is 9.75. The number of aromatic nitrogens is 1. The molecular formula is C21H27N5O. The lowest BCUT2D eigenvalue weighted by atomic mass is 10.2. The maximum Gasteiger partial charge on any atom is 0.272 e. The summed E-state index contributed by atoms with van der Waals surface area (Å²) in [7, 11) is 2.17. The maximum atomic E-state index is 12.4. The fraction of sp³-hybridized carbons (Fsp3) is 0.429. The van der Waals surface area contributed by atoms with E-state index < -0.39 is 0 Å². The van der Waals surface area contributed by atoms with Crippen molar-refractivity contribution in [1.29, 1.82) is 0 Å². The molecule has 0 atom stereocenters. The van der Waals surface area contributed by atoms with Crippen LogP contribution in [-0.4, -0.2) is 67.0 Å². The van der Waals surface area contributed by atoms with E-state index in [1.165, 1.54) is 5.69 Å². The van der Waals surface area contributed by atoms with Crippen LogP contribution in [0.1, 0.15) is 23.3 Å². The SMILES string of the molecule is CN1CCN(c2ccc(Nc3ccc(C(=O)N4CCCC4)nc3)cc2)CC1. The number of hydrogen-bond acceptors (Lipinski definition) is 5. The van der Waals surface area contributed by atoms with Gasteiger partial charge < -0.3 is 20.0 Å². The minimum absolute atomic E-state index is 0.0376. The molecule has 2 aliphatic heterocycles. The molecule has 0 spiro atoms. The summed E-state index contributed by atoms with van der Waals surface area (Å²) in [4.78, 5) is 23.4. The predicted octanol–water partition coefficient (Wildman–Crippen LogP) is 2.81. The Kier molecular flexibility index (Phi) is 5.25. The Bertz CT molecular complexity index is 760. The molecule has 0 bridgehead atoms. The number of rotatable bonds is 4. The third kappa shape index (κ3) is 4.22. The fourth-order valence-electron chi connectivity index (χ4n) is 3.66. The molecule has 2 aromatic rings. The summed E-state index contributed by atoms with van der Waals surface area (Å²) in [5.74, 6) is 0.0376. The summed E-state index contributed by atoms with van der Waals surface area (Å²) >= 11 is 0. The molecule has 1 aromatic heterocycles. The Hall–Kier alpha value is -2.60. The Morgan fingerprint density at radius 3 is 2.19 bits per heavy atom. The van der Waals surface area contributed by atoms with Gasteiger partial charge in [-0.3, -0.25) is 4.79 Å². The van der Waals surface area contributed by atoms with Gasteiger partial charge in [0.25, 0.3) is 5.91 Å². The van der Waals surface area contributed by atoms with Crippen LogP contribution in [0.25, 0.3) is 0 Å². The Morgan fingerprint density at radius 2 is 1.56 bits per heavy atom. The molecule has 0 aliphatic carbocycles. The number of piperazine rings is 1. The van der Waals surface area contributed by atoms with Crippen LogP contribution in [0.2, 0.25) is 0 Å². The number of amides is 1. The van der Waals surface area contributed by atoms with E-state index in [9.17, 15) is 4.79 Å². The van der Waals surface area contributed by atoms with Crippen LogP contribution in [0.15, 0.2) is 42.6 Å². The van der Waals surface area contributed by atoms with E-state index in [1.54, 1.807) is 6.20 Å². The Labute approximate surface area is 160 Å². The summed E-state index contributed by atoms with van der Waals surface area (Å²) in [6, 6.07) is 12.2. The highest BCUT2D eigenvalue weighted by Gasteiger charge is 2.20. The second kappa shape index (κ2) is 7.96. The van der Waals surface area contributed by atoms with E-state index in [-0.39, 0.29) is 5.91 Å². The van der Waals surface area contributed by atoms with Gasteiger partial charge in [-0.25, -0.2) is 4.98 Å². The van der Waals surface area contributed by atoms with Crippen LogP contribution in [0.4, 0.5) is 17.1 Å². The predicted molar refractivity (Wildman–Crippen MR) is 109 cm³/mol. The molecule has 2 fully saturated rings. The van der Waals surface area contributed by atoms with Crippen LogP contribution >= 0.6 is 0 Å². The molecular weight excluding hydrogens is 338 g/mol. The molecule has 142 valence electrons. The first kappa shape index (κ1) is 17.8. The zero-order chi connectivity index (χ0) is 18.6. The van der Waals surface area contributed by atoms with Gasteiger partial charge in [0.15, 0.2) is 0 Å². The van der Waals surface area contributed by atoms with Gasteiger partial charge in [-0.15, -0.1) is 0 Å².